The van der Waals surface area contributed by atoms with Crippen LogP contribution in [0, 0.1) is 0 Å². The zero-order valence-electron chi connectivity index (χ0n) is 11.5. The molecule has 1 aromatic carbocycles. The van der Waals surface area contributed by atoms with E-state index >= 15 is 0 Å². The topological polar surface area (TPSA) is 154 Å². The summed E-state index contributed by atoms with van der Waals surface area (Å²) in [6, 6.07) is 9.22. The van der Waals surface area contributed by atoms with Crippen molar-refractivity contribution < 1.29 is 19.0 Å². The monoisotopic (exact) mass is 314 g/mol. The maximum absolute atomic E-state index is 10.3. The maximum Gasteiger partial charge on any atom is 0.398 e. The lowest BCUT2D eigenvalue weighted by Crippen LogP contribution is -2.24. The van der Waals surface area contributed by atoms with Gasteiger partial charge in [0.1, 0.15) is 6.54 Å². The number of aliphatic imine (C=N–C) groups is 1. The van der Waals surface area contributed by atoms with Crippen LogP contribution in [0.1, 0.15) is 18.6 Å². The smallest absolute Gasteiger partial charge is 0.387 e. The average Bonchev–Trinajstić information content (AvgIpc) is 2.46. The molecule has 0 amide bonds. The summed E-state index contributed by atoms with van der Waals surface area (Å²) in [6.07, 6.45) is -0.545. The average molecular weight is 314 g/mol. The van der Waals surface area contributed by atoms with Gasteiger partial charge in [0, 0.05) is 6.04 Å². The van der Waals surface area contributed by atoms with Crippen molar-refractivity contribution in [1.82, 2.24) is 0 Å². The molecule has 0 aromatic heterocycles. The van der Waals surface area contributed by atoms with Gasteiger partial charge in [0.05, 0.1) is 6.10 Å². The van der Waals surface area contributed by atoms with E-state index in [2.05, 4.69) is 9.52 Å². The number of aliphatic hydroxyl groups excluding tert-OH is 1. The number of carbonyl (C=O) groups is 1. The number of nitrogens with two attached hydrogens (primary N) is 3. The highest BCUT2D eigenvalue weighted by Crippen LogP contribution is 2.13. The number of aliphatic hydroxyl groups is 1. The summed E-state index contributed by atoms with van der Waals surface area (Å²) >= 11 is 0. The van der Waals surface area contributed by atoms with Crippen LogP contribution in [0.4, 0.5) is 0 Å². The summed E-state index contributed by atoms with van der Waals surface area (Å²) in [5.74, 6) is -0.954. The largest absolute Gasteiger partial charge is 0.398 e. The molecule has 0 heterocycles. The van der Waals surface area contributed by atoms with Gasteiger partial charge in [0.15, 0.2) is 5.96 Å². The van der Waals surface area contributed by atoms with Gasteiger partial charge >= 0.3 is 14.7 Å². The molecule has 0 fully saturated rings. The third-order valence-electron chi connectivity index (χ3n) is 2.17. The van der Waals surface area contributed by atoms with Gasteiger partial charge in [-0.2, -0.15) is 0 Å². The van der Waals surface area contributed by atoms with E-state index in [-0.39, 0.29) is 18.5 Å². The van der Waals surface area contributed by atoms with Crippen LogP contribution in [0.2, 0.25) is 0 Å². The predicted octanol–water partition coefficient (Wildman–Crippen LogP) is 0.0769. The van der Waals surface area contributed by atoms with Crippen LogP contribution in [0.25, 0.3) is 0 Å². The predicted molar refractivity (Wildman–Crippen MR) is 79.4 cm³/mol. The second-order valence-electron chi connectivity index (χ2n) is 3.99. The van der Waals surface area contributed by atoms with Crippen molar-refractivity contribution in [3.05, 3.63) is 35.9 Å². The molecule has 0 aliphatic rings. The standard InChI is InChI=1S/C9H13NO.C3H6N3O3P/c1-7(10)9(11)8-5-3-2-4-6-8;4-3(5)6-1-2(7)9-10-8/h2-7,9,11H,10H2,1H3;1H2,(H4,4,5,6)/t7-,9-;/m1./s1. The minimum atomic E-state index is -0.745. The molecule has 0 unspecified atom stereocenters. The first-order valence-corrected chi connectivity index (χ1v) is 6.68. The zero-order chi connectivity index (χ0) is 16.3. The molecule has 0 aliphatic carbocycles. The Morgan fingerprint density at radius 3 is 2.38 bits per heavy atom. The number of hydrogen-bond donors (Lipinski definition) is 4. The molecule has 0 spiro atoms. The Hall–Kier alpha value is -2.02. The highest BCUT2D eigenvalue weighted by atomic mass is 31.1. The van der Waals surface area contributed by atoms with E-state index in [1.165, 1.54) is 0 Å². The van der Waals surface area contributed by atoms with E-state index in [4.69, 9.17) is 17.2 Å². The quantitative estimate of drug-likeness (QED) is 0.341. The molecule has 116 valence electrons. The van der Waals surface area contributed by atoms with Crippen LogP contribution in [-0.4, -0.2) is 29.6 Å². The van der Waals surface area contributed by atoms with Crippen molar-refractivity contribution >= 4 is 20.6 Å². The Bertz CT molecular complexity index is 464. The highest BCUT2D eigenvalue weighted by Gasteiger charge is 2.10. The van der Waals surface area contributed by atoms with Crippen LogP contribution < -0.4 is 17.2 Å². The summed E-state index contributed by atoms with van der Waals surface area (Å²) in [5.41, 5.74) is 16.1. The van der Waals surface area contributed by atoms with E-state index < -0.39 is 20.8 Å². The second kappa shape index (κ2) is 10.7. The number of benzene rings is 1. The van der Waals surface area contributed by atoms with Crippen molar-refractivity contribution in [2.75, 3.05) is 6.54 Å². The van der Waals surface area contributed by atoms with Crippen LogP contribution >= 0.6 is 8.69 Å². The lowest BCUT2D eigenvalue weighted by atomic mass is 10.0. The first-order chi connectivity index (χ1) is 9.88. The van der Waals surface area contributed by atoms with Crippen molar-refractivity contribution in [2.24, 2.45) is 22.2 Å². The van der Waals surface area contributed by atoms with Gasteiger partial charge < -0.3 is 26.8 Å². The lowest BCUT2D eigenvalue weighted by molar-refractivity contribution is -0.131. The van der Waals surface area contributed by atoms with Gasteiger partial charge in [-0.05, 0) is 12.5 Å². The Balaban J connectivity index is 0.000000384. The summed E-state index contributed by atoms with van der Waals surface area (Å²) in [5, 5.41) is 9.47. The van der Waals surface area contributed by atoms with Crippen LogP contribution in [0.3, 0.4) is 0 Å². The Morgan fingerprint density at radius 1 is 1.38 bits per heavy atom. The molecule has 1 rings (SSSR count). The lowest BCUT2D eigenvalue weighted by Gasteiger charge is -2.13. The molecule has 7 N–H and O–H groups in total. The van der Waals surface area contributed by atoms with Gasteiger partial charge in [-0.3, -0.25) is 0 Å². The SMILES string of the molecule is C[C@@H](N)[C@@H](O)c1ccccc1.NC(N)=NCC(=O)OP=O. The van der Waals surface area contributed by atoms with E-state index in [1.807, 2.05) is 30.3 Å². The summed E-state index contributed by atoms with van der Waals surface area (Å²) < 4.78 is 13.6. The van der Waals surface area contributed by atoms with Crippen molar-refractivity contribution in [2.45, 2.75) is 19.1 Å². The van der Waals surface area contributed by atoms with Crippen molar-refractivity contribution in [3.63, 3.8) is 0 Å². The first-order valence-electron chi connectivity index (χ1n) is 5.95. The van der Waals surface area contributed by atoms with Gasteiger partial charge in [0.2, 0.25) is 0 Å². The van der Waals surface area contributed by atoms with Crippen molar-refractivity contribution in [3.8, 4) is 0 Å². The molecule has 0 saturated heterocycles. The molecule has 0 bridgehead atoms. The van der Waals surface area contributed by atoms with E-state index in [0.717, 1.165) is 5.56 Å². The Morgan fingerprint density at radius 2 is 1.95 bits per heavy atom. The number of rotatable bonds is 5. The molecule has 21 heavy (non-hydrogen) atoms. The fraction of sp³-hybridized carbons (Fsp3) is 0.333. The van der Waals surface area contributed by atoms with Gasteiger partial charge in [-0.15, -0.1) is 0 Å². The third-order valence-corrected chi connectivity index (χ3v) is 2.45. The minimum absolute atomic E-state index is 0.209. The van der Waals surface area contributed by atoms with E-state index in [9.17, 15) is 14.5 Å². The molecule has 8 nitrogen and oxygen atoms in total. The number of hydrogen-bond acceptors (Lipinski definition) is 6. The molecule has 9 heteroatoms. The molecular weight excluding hydrogens is 295 g/mol. The molecule has 2 atom stereocenters. The molecule has 0 radical (unpaired) electrons. The number of nitrogens with zero attached hydrogens (tertiary/aromatic N) is 1. The normalized spacial score (nSPS) is 12.5. The van der Waals surface area contributed by atoms with Crippen LogP contribution in [0.5, 0.6) is 0 Å². The number of carbonyl (C=O) groups excluding carboxylic acids is 1. The fourth-order valence-electron chi connectivity index (χ4n) is 1.18. The molecular formula is C12H19N4O4P. The van der Waals surface area contributed by atoms with Crippen LogP contribution in [0.15, 0.2) is 35.3 Å². The van der Waals surface area contributed by atoms with Crippen molar-refractivity contribution in [1.29, 1.82) is 0 Å². The van der Waals surface area contributed by atoms with E-state index in [1.54, 1.807) is 6.92 Å². The summed E-state index contributed by atoms with van der Waals surface area (Å²) in [6.45, 7) is 1.48. The minimum Gasteiger partial charge on any atom is -0.387 e. The van der Waals surface area contributed by atoms with Gasteiger partial charge in [-0.25, -0.2) is 14.4 Å². The summed E-state index contributed by atoms with van der Waals surface area (Å²) in [4.78, 5) is 13.6. The molecule has 0 saturated carbocycles. The second-order valence-corrected chi connectivity index (χ2v) is 4.33. The zero-order valence-corrected chi connectivity index (χ0v) is 12.4. The maximum atomic E-state index is 10.3. The molecule has 1 aromatic rings. The third kappa shape index (κ3) is 9.50. The Kier molecular flexibility index (Phi) is 9.70. The first kappa shape index (κ1) is 19.0. The van der Waals surface area contributed by atoms with Gasteiger partial charge in [0.25, 0.3) is 0 Å². The fourth-order valence-corrected chi connectivity index (χ4v) is 1.32. The summed E-state index contributed by atoms with van der Waals surface area (Å²) in [7, 11) is -0.699. The van der Waals surface area contributed by atoms with E-state index in [0.29, 0.717) is 0 Å². The number of guanidine groups is 1. The van der Waals surface area contributed by atoms with Crippen LogP contribution in [-0.2, 0) is 13.9 Å². The Labute approximate surface area is 124 Å². The van der Waals surface area contributed by atoms with Gasteiger partial charge in [-0.1, -0.05) is 30.3 Å². The molecule has 0 aliphatic heterocycles. The highest BCUT2D eigenvalue weighted by molar-refractivity contribution is 7.18.